The first-order valence-corrected chi connectivity index (χ1v) is 4.66. The summed E-state index contributed by atoms with van der Waals surface area (Å²) in [7, 11) is 0. The molecule has 2 aromatic rings. The monoisotopic (exact) mass is 202 g/mol. The van der Waals surface area contributed by atoms with Crippen LogP contribution in [0.5, 0.6) is 0 Å². The van der Waals surface area contributed by atoms with E-state index in [1.807, 2.05) is 20.8 Å². The molecule has 0 fully saturated rings. The summed E-state index contributed by atoms with van der Waals surface area (Å²) in [5.41, 5.74) is 2.91. The van der Waals surface area contributed by atoms with Gasteiger partial charge in [-0.3, -0.25) is 19.9 Å². The van der Waals surface area contributed by atoms with E-state index in [0.717, 1.165) is 17.1 Å². The maximum atomic E-state index is 4.11. The highest BCUT2D eigenvalue weighted by molar-refractivity contribution is 4.98. The first-order valence-electron chi connectivity index (χ1n) is 4.66. The average molecular weight is 202 g/mol. The van der Waals surface area contributed by atoms with Crippen LogP contribution >= 0.6 is 0 Å². The van der Waals surface area contributed by atoms with Gasteiger partial charge in [0.2, 0.25) is 0 Å². The zero-order valence-electron chi connectivity index (χ0n) is 9.18. The molecule has 0 aromatic carbocycles. The van der Waals surface area contributed by atoms with Gasteiger partial charge in [-0.2, -0.15) is 0 Å². The summed E-state index contributed by atoms with van der Waals surface area (Å²) in [6, 6.07) is 0. The molecule has 0 bridgehead atoms. The average Bonchev–Trinajstić information content (AvgIpc) is 2.19. The fourth-order valence-electron chi connectivity index (χ4n) is 0.963. The van der Waals surface area contributed by atoms with Crippen LogP contribution in [-0.2, 0) is 0 Å². The van der Waals surface area contributed by atoms with E-state index in [9.17, 15) is 0 Å². The van der Waals surface area contributed by atoms with E-state index in [4.69, 9.17) is 0 Å². The summed E-state index contributed by atoms with van der Waals surface area (Å²) in [5.74, 6) is 0. The molecule has 0 saturated carbocycles. The van der Waals surface area contributed by atoms with Crippen LogP contribution in [-0.4, -0.2) is 19.9 Å². The fourth-order valence-corrected chi connectivity index (χ4v) is 0.963. The molecule has 2 rings (SSSR count). The van der Waals surface area contributed by atoms with Crippen LogP contribution < -0.4 is 0 Å². The zero-order valence-corrected chi connectivity index (χ0v) is 9.18. The first kappa shape index (κ1) is 11.2. The molecule has 0 amide bonds. The second-order valence-electron chi connectivity index (χ2n) is 3.15. The Morgan fingerprint density at radius 3 is 1.60 bits per heavy atom. The molecule has 4 nitrogen and oxygen atoms in total. The molecule has 2 heterocycles. The summed E-state index contributed by atoms with van der Waals surface area (Å²) in [4.78, 5) is 15.8. The smallest absolute Gasteiger partial charge is 0.0558 e. The Balaban J connectivity index is 0.000000151. The molecule has 0 N–H and O–H groups in total. The topological polar surface area (TPSA) is 51.6 Å². The largest absolute Gasteiger partial charge is 0.261 e. The van der Waals surface area contributed by atoms with Crippen molar-refractivity contribution in [3.63, 3.8) is 0 Å². The van der Waals surface area contributed by atoms with Crippen molar-refractivity contribution >= 4 is 0 Å². The van der Waals surface area contributed by atoms with Gasteiger partial charge in [0.05, 0.1) is 17.1 Å². The number of rotatable bonds is 0. The van der Waals surface area contributed by atoms with Gasteiger partial charge in [-0.1, -0.05) is 0 Å². The molecule has 0 aliphatic carbocycles. The Bertz CT molecular complexity index is 383. The number of hydrogen-bond acceptors (Lipinski definition) is 4. The normalized spacial score (nSPS) is 9.00. The highest BCUT2D eigenvalue weighted by Crippen LogP contribution is 1.89. The van der Waals surface area contributed by atoms with Crippen LogP contribution in [0.3, 0.4) is 0 Å². The van der Waals surface area contributed by atoms with Crippen molar-refractivity contribution in [2.75, 3.05) is 0 Å². The Labute approximate surface area is 89.5 Å². The molecule has 0 radical (unpaired) electrons. The second kappa shape index (κ2) is 5.80. The van der Waals surface area contributed by atoms with Gasteiger partial charge in [0.15, 0.2) is 0 Å². The molecule has 15 heavy (non-hydrogen) atoms. The third-order valence-corrected chi connectivity index (χ3v) is 1.57. The van der Waals surface area contributed by atoms with Crippen LogP contribution in [0.1, 0.15) is 17.1 Å². The Hall–Kier alpha value is -1.84. The van der Waals surface area contributed by atoms with Gasteiger partial charge < -0.3 is 0 Å². The Kier molecular flexibility index (Phi) is 4.34. The Morgan fingerprint density at radius 2 is 1.33 bits per heavy atom. The number of aryl methyl sites for hydroxylation is 3. The summed E-state index contributed by atoms with van der Waals surface area (Å²) < 4.78 is 0. The SMILES string of the molecule is Cc1cncc(C)n1.Cc1cnccn1. The van der Waals surface area contributed by atoms with Crippen LogP contribution in [0.25, 0.3) is 0 Å². The van der Waals surface area contributed by atoms with Crippen LogP contribution in [0.15, 0.2) is 31.0 Å². The molecule has 0 aliphatic heterocycles. The minimum atomic E-state index is 0.961. The summed E-state index contributed by atoms with van der Waals surface area (Å²) >= 11 is 0. The molecule has 78 valence electrons. The van der Waals surface area contributed by atoms with Crippen LogP contribution in [0, 0.1) is 20.8 Å². The Morgan fingerprint density at radius 1 is 0.733 bits per heavy atom. The third kappa shape index (κ3) is 4.81. The molecule has 0 aliphatic rings. The highest BCUT2D eigenvalue weighted by Gasteiger charge is 1.83. The maximum absolute atomic E-state index is 4.11. The minimum absolute atomic E-state index is 0.961. The minimum Gasteiger partial charge on any atom is -0.261 e. The molecule has 0 saturated heterocycles. The lowest BCUT2D eigenvalue weighted by atomic mass is 10.4. The van der Waals surface area contributed by atoms with Crippen molar-refractivity contribution in [1.82, 2.24) is 19.9 Å². The van der Waals surface area contributed by atoms with Gasteiger partial charge in [0, 0.05) is 31.0 Å². The lowest BCUT2D eigenvalue weighted by Gasteiger charge is -1.89. The van der Waals surface area contributed by atoms with Gasteiger partial charge in [-0.15, -0.1) is 0 Å². The van der Waals surface area contributed by atoms with Crippen molar-refractivity contribution in [2.45, 2.75) is 20.8 Å². The van der Waals surface area contributed by atoms with Crippen LogP contribution in [0.4, 0.5) is 0 Å². The first-order chi connectivity index (χ1) is 7.18. The molecular formula is C11H14N4. The highest BCUT2D eigenvalue weighted by atomic mass is 14.8. The van der Waals surface area contributed by atoms with Crippen LogP contribution in [0.2, 0.25) is 0 Å². The lowest BCUT2D eigenvalue weighted by molar-refractivity contribution is 1.05. The molecule has 2 aromatic heterocycles. The van der Waals surface area contributed by atoms with Gasteiger partial charge in [0.25, 0.3) is 0 Å². The van der Waals surface area contributed by atoms with Gasteiger partial charge >= 0.3 is 0 Å². The fraction of sp³-hybridized carbons (Fsp3) is 0.273. The zero-order chi connectivity index (χ0) is 11.1. The third-order valence-electron chi connectivity index (χ3n) is 1.57. The molecule has 0 spiro atoms. The maximum Gasteiger partial charge on any atom is 0.0558 e. The number of aromatic nitrogens is 4. The second-order valence-corrected chi connectivity index (χ2v) is 3.15. The van der Waals surface area contributed by atoms with Crippen molar-refractivity contribution in [3.8, 4) is 0 Å². The summed E-state index contributed by atoms with van der Waals surface area (Å²) in [6.07, 6.45) is 8.54. The predicted octanol–water partition coefficient (Wildman–Crippen LogP) is 1.88. The van der Waals surface area contributed by atoms with Crippen molar-refractivity contribution < 1.29 is 0 Å². The van der Waals surface area contributed by atoms with Gasteiger partial charge in [-0.05, 0) is 20.8 Å². The summed E-state index contributed by atoms with van der Waals surface area (Å²) in [5, 5.41) is 0. The van der Waals surface area contributed by atoms with Gasteiger partial charge in [-0.25, -0.2) is 0 Å². The molecule has 4 heteroatoms. The number of nitrogens with zero attached hydrogens (tertiary/aromatic N) is 4. The molecular weight excluding hydrogens is 188 g/mol. The lowest BCUT2D eigenvalue weighted by Crippen LogP contribution is -1.85. The van der Waals surface area contributed by atoms with E-state index >= 15 is 0 Å². The van der Waals surface area contributed by atoms with E-state index in [2.05, 4.69) is 19.9 Å². The predicted molar refractivity (Wildman–Crippen MR) is 58.3 cm³/mol. The van der Waals surface area contributed by atoms with Gasteiger partial charge in [0.1, 0.15) is 0 Å². The van der Waals surface area contributed by atoms with E-state index in [-0.39, 0.29) is 0 Å². The standard InChI is InChI=1S/C6H8N2.C5H6N2/c1-5-3-7-4-6(2)8-5;1-5-4-6-2-3-7-5/h3-4H,1-2H3;2-4H,1H3. The van der Waals surface area contributed by atoms with E-state index in [1.54, 1.807) is 31.0 Å². The quantitative estimate of drug-likeness (QED) is 0.654. The molecule has 0 atom stereocenters. The summed E-state index contributed by atoms with van der Waals surface area (Å²) in [6.45, 7) is 5.77. The van der Waals surface area contributed by atoms with Crippen molar-refractivity contribution in [2.24, 2.45) is 0 Å². The van der Waals surface area contributed by atoms with Crippen molar-refractivity contribution in [3.05, 3.63) is 48.1 Å². The van der Waals surface area contributed by atoms with E-state index in [0.29, 0.717) is 0 Å². The number of hydrogen-bond donors (Lipinski definition) is 0. The van der Waals surface area contributed by atoms with E-state index in [1.165, 1.54) is 0 Å². The van der Waals surface area contributed by atoms with E-state index < -0.39 is 0 Å². The van der Waals surface area contributed by atoms with Crippen molar-refractivity contribution in [1.29, 1.82) is 0 Å². The molecule has 0 unspecified atom stereocenters.